The van der Waals surface area contributed by atoms with E-state index in [1.165, 1.54) is 0 Å². The standard InChI is InChI=1S/C12H13ClN2O2/c1-6-4-8(13)12(16-3)11(7(6)2)9-5-10(14)17-15-9/h4-5H,14H2,1-3H3. The van der Waals surface area contributed by atoms with Gasteiger partial charge in [0.15, 0.2) is 0 Å². The maximum Gasteiger partial charge on any atom is 0.222 e. The highest BCUT2D eigenvalue weighted by Crippen LogP contribution is 2.40. The third-order valence-corrected chi connectivity index (χ3v) is 3.02. The van der Waals surface area contributed by atoms with Gasteiger partial charge in [0.25, 0.3) is 0 Å². The van der Waals surface area contributed by atoms with Crippen molar-refractivity contribution in [2.45, 2.75) is 13.8 Å². The first-order chi connectivity index (χ1) is 8.04. The summed E-state index contributed by atoms with van der Waals surface area (Å²) in [7, 11) is 1.57. The summed E-state index contributed by atoms with van der Waals surface area (Å²) in [6, 6.07) is 3.52. The lowest BCUT2D eigenvalue weighted by Gasteiger charge is -2.13. The van der Waals surface area contributed by atoms with Gasteiger partial charge in [0.05, 0.1) is 17.7 Å². The van der Waals surface area contributed by atoms with Gasteiger partial charge in [0, 0.05) is 6.07 Å². The van der Waals surface area contributed by atoms with Crippen LogP contribution in [0, 0.1) is 13.8 Å². The summed E-state index contributed by atoms with van der Waals surface area (Å²) in [5.74, 6) is 0.849. The molecule has 17 heavy (non-hydrogen) atoms. The second kappa shape index (κ2) is 4.30. The topological polar surface area (TPSA) is 61.3 Å². The Morgan fingerprint density at radius 2 is 2.06 bits per heavy atom. The van der Waals surface area contributed by atoms with Crippen molar-refractivity contribution in [1.29, 1.82) is 0 Å². The van der Waals surface area contributed by atoms with Crippen molar-refractivity contribution >= 4 is 17.5 Å². The molecule has 0 saturated carbocycles. The monoisotopic (exact) mass is 252 g/mol. The number of ether oxygens (including phenoxy) is 1. The van der Waals surface area contributed by atoms with E-state index in [0.717, 1.165) is 16.7 Å². The highest BCUT2D eigenvalue weighted by Gasteiger charge is 2.18. The molecule has 0 aliphatic carbocycles. The van der Waals surface area contributed by atoms with Crippen molar-refractivity contribution in [3.63, 3.8) is 0 Å². The van der Waals surface area contributed by atoms with Crippen molar-refractivity contribution in [2.75, 3.05) is 12.8 Å². The molecule has 2 aromatic rings. The highest BCUT2D eigenvalue weighted by atomic mass is 35.5. The number of methoxy groups -OCH3 is 1. The lowest BCUT2D eigenvalue weighted by molar-refractivity contribution is 0.413. The Kier molecular flexibility index (Phi) is 2.98. The third kappa shape index (κ3) is 1.96. The van der Waals surface area contributed by atoms with Gasteiger partial charge in [-0.05, 0) is 31.0 Å². The van der Waals surface area contributed by atoms with Crippen LogP contribution in [0.5, 0.6) is 5.75 Å². The Morgan fingerprint density at radius 1 is 1.35 bits per heavy atom. The highest BCUT2D eigenvalue weighted by molar-refractivity contribution is 6.32. The molecular formula is C12H13ClN2O2. The molecule has 5 heteroatoms. The van der Waals surface area contributed by atoms with Crippen LogP contribution in [0.4, 0.5) is 5.88 Å². The van der Waals surface area contributed by atoms with Gasteiger partial charge in [-0.15, -0.1) is 0 Å². The van der Waals surface area contributed by atoms with E-state index in [9.17, 15) is 0 Å². The molecule has 0 radical (unpaired) electrons. The number of aromatic nitrogens is 1. The molecule has 0 aliphatic rings. The summed E-state index contributed by atoms with van der Waals surface area (Å²) in [6.07, 6.45) is 0. The van der Waals surface area contributed by atoms with Crippen molar-refractivity contribution in [2.24, 2.45) is 0 Å². The van der Waals surface area contributed by atoms with Crippen LogP contribution in [0.1, 0.15) is 11.1 Å². The predicted molar refractivity (Wildman–Crippen MR) is 67.4 cm³/mol. The van der Waals surface area contributed by atoms with Crippen LogP contribution in [0.2, 0.25) is 5.02 Å². The Bertz CT molecular complexity index is 564. The largest absolute Gasteiger partial charge is 0.494 e. The molecule has 90 valence electrons. The van der Waals surface area contributed by atoms with Crippen LogP contribution in [-0.4, -0.2) is 12.3 Å². The smallest absolute Gasteiger partial charge is 0.222 e. The summed E-state index contributed by atoms with van der Waals surface area (Å²) < 4.78 is 10.2. The van der Waals surface area contributed by atoms with Crippen LogP contribution in [0.15, 0.2) is 16.7 Å². The molecule has 0 amide bonds. The second-order valence-corrected chi connectivity index (χ2v) is 4.23. The van der Waals surface area contributed by atoms with Crippen LogP contribution in [-0.2, 0) is 0 Å². The minimum absolute atomic E-state index is 0.263. The van der Waals surface area contributed by atoms with E-state index >= 15 is 0 Å². The van der Waals surface area contributed by atoms with Crippen molar-refractivity contribution < 1.29 is 9.26 Å². The fourth-order valence-corrected chi connectivity index (χ4v) is 2.10. The summed E-state index contributed by atoms with van der Waals surface area (Å²) in [5, 5.41) is 4.45. The second-order valence-electron chi connectivity index (χ2n) is 3.82. The van der Waals surface area contributed by atoms with Crippen LogP contribution in [0.25, 0.3) is 11.3 Å². The van der Waals surface area contributed by atoms with Crippen LogP contribution in [0.3, 0.4) is 0 Å². The van der Waals surface area contributed by atoms with E-state index in [1.54, 1.807) is 13.2 Å². The van der Waals surface area contributed by atoms with Gasteiger partial charge >= 0.3 is 0 Å². The Labute approximate surface area is 104 Å². The van der Waals surface area contributed by atoms with Crippen molar-refractivity contribution in [1.82, 2.24) is 5.16 Å². The van der Waals surface area contributed by atoms with Gasteiger partial charge < -0.3 is 15.0 Å². The molecule has 0 unspecified atom stereocenters. The first-order valence-electron chi connectivity index (χ1n) is 5.11. The van der Waals surface area contributed by atoms with Gasteiger partial charge in [-0.25, -0.2) is 0 Å². The molecule has 0 aliphatic heterocycles. The molecule has 4 nitrogen and oxygen atoms in total. The van der Waals surface area contributed by atoms with E-state index in [1.807, 2.05) is 19.9 Å². The molecule has 1 heterocycles. The minimum Gasteiger partial charge on any atom is -0.494 e. The zero-order chi connectivity index (χ0) is 12.6. The summed E-state index contributed by atoms with van der Waals surface area (Å²) >= 11 is 6.15. The van der Waals surface area contributed by atoms with Crippen LogP contribution >= 0.6 is 11.6 Å². The first-order valence-corrected chi connectivity index (χ1v) is 5.48. The predicted octanol–water partition coefficient (Wildman–Crippen LogP) is 3.20. The molecular weight excluding hydrogens is 240 g/mol. The molecule has 1 aromatic heterocycles. The quantitative estimate of drug-likeness (QED) is 0.892. The number of halogens is 1. The zero-order valence-electron chi connectivity index (χ0n) is 9.87. The third-order valence-electron chi connectivity index (χ3n) is 2.74. The van der Waals surface area contributed by atoms with Gasteiger partial charge in [-0.3, -0.25) is 0 Å². The number of hydrogen-bond acceptors (Lipinski definition) is 4. The molecule has 2 N–H and O–H groups in total. The van der Waals surface area contributed by atoms with Gasteiger partial charge in [-0.2, -0.15) is 0 Å². The Hall–Kier alpha value is -1.68. The number of nitrogens with zero attached hydrogens (tertiary/aromatic N) is 1. The first kappa shape index (κ1) is 11.8. The van der Waals surface area contributed by atoms with E-state index in [0.29, 0.717) is 16.5 Å². The van der Waals surface area contributed by atoms with E-state index < -0.39 is 0 Å². The Balaban J connectivity index is 2.74. The Morgan fingerprint density at radius 3 is 2.59 bits per heavy atom. The summed E-state index contributed by atoms with van der Waals surface area (Å²) in [5.41, 5.74) is 9.08. The molecule has 0 fully saturated rings. The number of benzene rings is 1. The molecule has 0 atom stereocenters. The van der Waals surface area contributed by atoms with Gasteiger partial charge in [-0.1, -0.05) is 16.8 Å². The number of nitrogen functional groups attached to an aromatic ring is 1. The lowest BCUT2D eigenvalue weighted by Crippen LogP contribution is -1.95. The number of rotatable bonds is 2. The molecule has 0 saturated heterocycles. The minimum atomic E-state index is 0.263. The fraction of sp³-hybridized carbons (Fsp3) is 0.250. The average molecular weight is 253 g/mol. The number of nitrogens with two attached hydrogens (primary N) is 1. The fourth-order valence-electron chi connectivity index (χ4n) is 1.77. The van der Waals surface area contributed by atoms with E-state index in [2.05, 4.69) is 5.16 Å². The summed E-state index contributed by atoms with van der Waals surface area (Å²) in [4.78, 5) is 0. The van der Waals surface area contributed by atoms with E-state index in [-0.39, 0.29) is 5.88 Å². The molecule has 1 aromatic carbocycles. The lowest BCUT2D eigenvalue weighted by atomic mass is 9.99. The zero-order valence-corrected chi connectivity index (χ0v) is 10.6. The van der Waals surface area contributed by atoms with Gasteiger partial charge in [0.1, 0.15) is 11.4 Å². The normalized spacial score (nSPS) is 10.6. The average Bonchev–Trinajstić information content (AvgIpc) is 2.69. The van der Waals surface area contributed by atoms with Crippen molar-refractivity contribution in [3.8, 4) is 17.0 Å². The van der Waals surface area contributed by atoms with Crippen molar-refractivity contribution in [3.05, 3.63) is 28.3 Å². The summed E-state index contributed by atoms with van der Waals surface area (Å²) in [6.45, 7) is 3.96. The van der Waals surface area contributed by atoms with E-state index in [4.69, 9.17) is 26.6 Å². The maximum atomic E-state index is 6.15. The number of aryl methyl sites for hydroxylation is 1. The number of anilines is 1. The SMILES string of the molecule is COc1c(Cl)cc(C)c(C)c1-c1cc(N)on1. The molecule has 0 bridgehead atoms. The van der Waals surface area contributed by atoms with Gasteiger partial charge in [0.2, 0.25) is 5.88 Å². The molecule has 0 spiro atoms. The maximum absolute atomic E-state index is 6.15. The molecule has 2 rings (SSSR count). The van der Waals surface area contributed by atoms with Crippen LogP contribution < -0.4 is 10.5 Å². The number of hydrogen-bond donors (Lipinski definition) is 1.